The van der Waals surface area contributed by atoms with E-state index in [1.54, 1.807) is 6.92 Å². The van der Waals surface area contributed by atoms with Crippen LogP contribution in [0.5, 0.6) is 0 Å². The first-order chi connectivity index (χ1) is 10.4. The van der Waals surface area contributed by atoms with Crippen LogP contribution in [0.4, 0.5) is 0 Å². The van der Waals surface area contributed by atoms with Crippen molar-refractivity contribution in [1.29, 1.82) is 0 Å². The number of aromatic nitrogens is 2. The van der Waals surface area contributed by atoms with Gasteiger partial charge in [0.25, 0.3) is 0 Å². The van der Waals surface area contributed by atoms with Crippen LogP contribution in [0, 0.1) is 6.92 Å². The predicted octanol–water partition coefficient (Wildman–Crippen LogP) is 2.55. The summed E-state index contributed by atoms with van der Waals surface area (Å²) in [5, 5.41) is 3.80. The number of nitrogens with zero attached hydrogens (tertiary/aromatic N) is 2. The van der Waals surface area contributed by atoms with Crippen molar-refractivity contribution in [2.75, 3.05) is 5.75 Å². The van der Waals surface area contributed by atoms with Gasteiger partial charge >= 0.3 is 0 Å². The first kappa shape index (κ1) is 16.6. The summed E-state index contributed by atoms with van der Waals surface area (Å²) in [4.78, 5) is 4.10. The number of benzene rings is 1. The number of hydrogen-bond acceptors (Lipinski definition) is 5. The Morgan fingerprint density at radius 3 is 2.50 bits per heavy atom. The van der Waals surface area contributed by atoms with Gasteiger partial charge in [-0.25, -0.2) is 13.1 Å². The quantitative estimate of drug-likeness (QED) is 0.846. The van der Waals surface area contributed by atoms with E-state index in [0.29, 0.717) is 18.1 Å². The monoisotopic (exact) mass is 323 g/mol. The second-order valence-corrected chi connectivity index (χ2v) is 7.14. The largest absolute Gasteiger partial charge is 0.340 e. The van der Waals surface area contributed by atoms with Crippen LogP contribution in [0.15, 0.2) is 34.9 Å². The standard InChI is InChI=1S/C15H21N3O3S/c1-4-14(15-16-12(3)21-17-15)18-22(19,20)10-11(2)13-8-6-5-7-9-13/h5-9,11,14,18H,4,10H2,1-3H3/t11-,14-/m1/s1. The van der Waals surface area contributed by atoms with Gasteiger partial charge in [0.15, 0.2) is 5.82 Å². The second-order valence-electron chi connectivity index (χ2n) is 5.34. The van der Waals surface area contributed by atoms with Crippen molar-refractivity contribution in [3.8, 4) is 0 Å². The molecule has 1 aromatic carbocycles. The third-order valence-electron chi connectivity index (χ3n) is 3.42. The van der Waals surface area contributed by atoms with Gasteiger partial charge in [-0.1, -0.05) is 49.3 Å². The van der Waals surface area contributed by atoms with Crippen molar-refractivity contribution in [1.82, 2.24) is 14.9 Å². The minimum Gasteiger partial charge on any atom is -0.340 e. The normalized spacial score (nSPS) is 14.7. The number of rotatable bonds is 7. The number of nitrogens with one attached hydrogen (secondary N) is 1. The highest BCUT2D eigenvalue weighted by molar-refractivity contribution is 7.89. The molecule has 0 amide bonds. The summed E-state index contributed by atoms with van der Waals surface area (Å²) in [6, 6.07) is 9.12. The van der Waals surface area contributed by atoms with Gasteiger partial charge in [0, 0.05) is 6.92 Å². The smallest absolute Gasteiger partial charge is 0.223 e. The van der Waals surface area contributed by atoms with Gasteiger partial charge in [-0.15, -0.1) is 0 Å². The number of aryl methyl sites for hydroxylation is 1. The van der Waals surface area contributed by atoms with Crippen LogP contribution < -0.4 is 4.72 Å². The molecule has 0 aliphatic heterocycles. The van der Waals surface area contributed by atoms with Gasteiger partial charge in [-0.05, 0) is 17.9 Å². The highest BCUT2D eigenvalue weighted by Gasteiger charge is 2.24. The molecular weight excluding hydrogens is 302 g/mol. The minimum absolute atomic E-state index is 0.0182. The molecule has 7 heteroatoms. The van der Waals surface area contributed by atoms with E-state index in [4.69, 9.17) is 4.52 Å². The molecule has 6 nitrogen and oxygen atoms in total. The molecule has 0 bridgehead atoms. The van der Waals surface area contributed by atoms with Crippen molar-refractivity contribution < 1.29 is 12.9 Å². The molecule has 120 valence electrons. The molecule has 0 radical (unpaired) electrons. The van der Waals surface area contributed by atoms with Crippen molar-refractivity contribution in [2.45, 2.75) is 39.2 Å². The third kappa shape index (κ3) is 4.38. The molecule has 0 saturated carbocycles. The Bertz CT molecular complexity index is 698. The zero-order valence-corrected chi connectivity index (χ0v) is 13.8. The Morgan fingerprint density at radius 2 is 1.95 bits per heavy atom. The Hall–Kier alpha value is -1.73. The maximum Gasteiger partial charge on any atom is 0.223 e. The van der Waals surface area contributed by atoms with Gasteiger partial charge < -0.3 is 4.52 Å². The maximum absolute atomic E-state index is 12.4. The average Bonchev–Trinajstić information content (AvgIpc) is 2.91. The Balaban J connectivity index is 2.06. The first-order valence-corrected chi connectivity index (χ1v) is 8.91. The Kier molecular flexibility index (Phi) is 5.31. The zero-order chi connectivity index (χ0) is 16.2. The van der Waals surface area contributed by atoms with Crippen molar-refractivity contribution in [3.05, 3.63) is 47.6 Å². The molecule has 1 heterocycles. The van der Waals surface area contributed by atoms with E-state index in [0.717, 1.165) is 5.56 Å². The summed E-state index contributed by atoms with van der Waals surface area (Å²) < 4.78 is 32.3. The predicted molar refractivity (Wildman–Crippen MR) is 83.8 cm³/mol. The van der Waals surface area contributed by atoms with Crippen LogP contribution >= 0.6 is 0 Å². The summed E-state index contributed by atoms with van der Waals surface area (Å²) in [6.07, 6.45) is 0.553. The molecule has 0 aliphatic carbocycles. The molecule has 22 heavy (non-hydrogen) atoms. The summed E-state index contributed by atoms with van der Waals surface area (Å²) in [7, 11) is -3.45. The van der Waals surface area contributed by atoms with Crippen molar-refractivity contribution >= 4 is 10.0 Å². The van der Waals surface area contributed by atoms with Gasteiger partial charge in [0.2, 0.25) is 15.9 Å². The molecule has 2 aromatic rings. The molecule has 0 spiro atoms. The molecular formula is C15H21N3O3S. The fourth-order valence-corrected chi connectivity index (χ4v) is 3.90. The van der Waals surface area contributed by atoms with Crippen LogP contribution in [0.25, 0.3) is 0 Å². The van der Waals surface area contributed by atoms with Gasteiger partial charge in [-0.3, -0.25) is 0 Å². The lowest BCUT2D eigenvalue weighted by atomic mass is 10.0. The molecule has 1 N–H and O–H groups in total. The summed E-state index contributed by atoms with van der Waals surface area (Å²) >= 11 is 0. The lowest BCUT2D eigenvalue weighted by Crippen LogP contribution is -2.32. The molecule has 2 atom stereocenters. The van der Waals surface area contributed by atoms with Crippen molar-refractivity contribution in [2.24, 2.45) is 0 Å². The lowest BCUT2D eigenvalue weighted by Gasteiger charge is -2.17. The minimum atomic E-state index is -3.45. The summed E-state index contributed by atoms with van der Waals surface area (Å²) in [5.74, 6) is 0.717. The summed E-state index contributed by atoms with van der Waals surface area (Å²) in [6.45, 7) is 5.45. The molecule has 0 saturated heterocycles. The van der Waals surface area contributed by atoms with E-state index in [9.17, 15) is 8.42 Å². The van der Waals surface area contributed by atoms with E-state index < -0.39 is 16.1 Å². The van der Waals surface area contributed by atoms with Crippen molar-refractivity contribution in [3.63, 3.8) is 0 Å². The molecule has 0 unspecified atom stereocenters. The van der Waals surface area contributed by atoms with Crippen LogP contribution in [0.2, 0.25) is 0 Å². The first-order valence-electron chi connectivity index (χ1n) is 7.26. The van der Waals surface area contributed by atoms with Crippen LogP contribution in [0.3, 0.4) is 0 Å². The van der Waals surface area contributed by atoms with E-state index in [1.165, 1.54) is 0 Å². The average molecular weight is 323 g/mol. The Labute approximate surface area is 131 Å². The molecule has 2 rings (SSSR count). The Morgan fingerprint density at radius 1 is 1.27 bits per heavy atom. The van der Waals surface area contributed by atoms with E-state index in [-0.39, 0.29) is 11.7 Å². The number of hydrogen-bond donors (Lipinski definition) is 1. The highest BCUT2D eigenvalue weighted by Crippen LogP contribution is 2.19. The van der Waals surface area contributed by atoms with Gasteiger partial charge in [0.05, 0.1) is 11.8 Å². The number of sulfonamides is 1. The van der Waals surface area contributed by atoms with E-state index in [1.807, 2.05) is 44.2 Å². The topological polar surface area (TPSA) is 85.1 Å². The fourth-order valence-electron chi connectivity index (χ4n) is 2.25. The third-order valence-corrected chi connectivity index (χ3v) is 5.01. The van der Waals surface area contributed by atoms with Crippen LogP contribution in [-0.2, 0) is 10.0 Å². The van der Waals surface area contributed by atoms with Gasteiger partial charge in [0.1, 0.15) is 0 Å². The SMILES string of the molecule is CC[C@@H](NS(=O)(=O)C[C@@H](C)c1ccccc1)c1noc(C)n1. The highest BCUT2D eigenvalue weighted by atomic mass is 32.2. The van der Waals surface area contributed by atoms with E-state index in [2.05, 4.69) is 14.9 Å². The molecule has 0 fully saturated rings. The van der Waals surface area contributed by atoms with Crippen LogP contribution in [-0.4, -0.2) is 24.3 Å². The molecule has 0 aliphatic rings. The van der Waals surface area contributed by atoms with Crippen LogP contribution in [0.1, 0.15) is 49.5 Å². The maximum atomic E-state index is 12.4. The summed E-state index contributed by atoms with van der Waals surface area (Å²) in [5.41, 5.74) is 0.997. The fraction of sp³-hybridized carbons (Fsp3) is 0.467. The van der Waals surface area contributed by atoms with Gasteiger partial charge in [-0.2, -0.15) is 4.98 Å². The lowest BCUT2D eigenvalue weighted by molar-refractivity contribution is 0.380. The second kappa shape index (κ2) is 7.02. The molecule has 1 aromatic heterocycles. The van der Waals surface area contributed by atoms with E-state index >= 15 is 0 Å². The zero-order valence-electron chi connectivity index (χ0n) is 13.0.